The van der Waals surface area contributed by atoms with E-state index in [-0.39, 0.29) is 5.56 Å². The fourth-order valence-corrected chi connectivity index (χ4v) is 2.55. The van der Waals surface area contributed by atoms with Crippen molar-refractivity contribution < 1.29 is 9.90 Å². The molecule has 0 radical (unpaired) electrons. The zero-order valence-electron chi connectivity index (χ0n) is 11.0. The van der Waals surface area contributed by atoms with Gasteiger partial charge in [0.05, 0.1) is 17.0 Å². The predicted octanol–water partition coefficient (Wildman–Crippen LogP) is 2.87. The van der Waals surface area contributed by atoms with E-state index in [0.717, 1.165) is 29.9 Å². The van der Waals surface area contributed by atoms with Gasteiger partial charge in [-0.2, -0.15) is 0 Å². The number of pyridine rings is 1. The van der Waals surface area contributed by atoms with Crippen LogP contribution in [0.3, 0.4) is 0 Å². The monoisotopic (exact) mass is 268 g/mol. The highest BCUT2D eigenvalue weighted by molar-refractivity contribution is 5.89. The van der Waals surface area contributed by atoms with Crippen LogP contribution in [0.15, 0.2) is 42.5 Å². The molecule has 102 valence electrons. The second-order valence-electron chi connectivity index (χ2n) is 4.98. The molecule has 0 amide bonds. The van der Waals surface area contributed by atoms with Crippen LogP contribution >= 0.6 is 0 Å². The number of nitrogens with one attached hydrogen (secondary N) is 1. The van der Waals surface area contributed by atoms with Crippen LogP contribution in [0.2, 0.25) is 0 Å². The summed E-state index contributed by atoms with van der Waals surface area (Å²) in [5, 5.41) is 12.5. The summed E-state index contributed by atoms with van der Waals surface area (Å²) in [5.41, 5.74) is 2.97. The molecule has 1 saturated heterocycles. The number of nitrogens with zero attached hydrogens (tertiary/aromatic N) is 1. The molecule has 4 nitrogen and oxygen atoms in total. The van der Waals surface area contributed by atoms with Gasteiger partial charge >= 0.3 is 5.97 Å². The Morgan fingerprint density at radius 3 is 2.85 bits per heavy atom. The molecule has 4 heteroatoms. The Morgan fingerprint density at radius 2 is 2.10 bits per heavy atom. The molecule has 1 aromatic carbocycles. The Morgan fingerprint density at radius 1 is 1.25 bits per heavy atom. The van der Waals surface area contributed by atoms with E-state index in [9.17, 15) is 4.79 Å². The lowest BCUT2D eigenvalue weighted by molar-refractivity contribution is 0.0697. The summed E-state index contributed by atoms with van der Waals surface area (Å²) in [7, 11) is 0. The van der Waals surface area contributed by atoms with Crippen LogP contribution in [0.25, 0.3) is 11.3 Å². The standard InChI is InChI=1S/C16H16N2O2/c19-16(20)12-5-1-4-11(10-12)13-6-2-7-15(18-13)14-8-3-9-17-14/h1-2,4-7,10,14,17H,3,8-9H2,(H,19,20). The van der Waals surface area contributed by atoms with Gasteiger partial charge in [-0.25, -0.2) is 4.79 Å². The van der Waals surface area contributed by atoms with Gasteiger partial charge < -0.3 is 10.4 Å². The minimum atomic E-state index is -0.916. The summed E-state index contributed by atoms with van der Waals surface area (Å²) in [6.45, 7) is 1.03. The lowest BCUT2D eigenvalue weighted by Gasteiger charge is -2.11. The third-order valence-electron chi connectivity index (χ3n) is 3.59. The van der Waals surface area contributed by atoms with Crippen LogP contribution in [-0.4, -0.2) is 22.6 Å². The molecule has 1 aromatic heterocycles. The van der Waals surface area contributed by atoms with E-state index < -0.39 is 5.97 Å². The van der Waals surface area contributed by atoms with Gasteiger partial charge in [0.15, 0.2) is 0 Å². The smallest absolute Gasteiger partial charge is 0.335 e. The first-order valence-corrected chi connectivity index (χ1v) is 6.78. The molecule has 1 unspecified atom stereocenters. The van der Waals surface area contributed by atoms with E-state index in [1.54, 1.807) is 18.2 Å². The van der Waals surface area contributed by atoms with Gasteiger partial charge in [0, 0.05) is 11.6 Å². The van der Waals surface area contributed by atoms with Crippen LogP contribution in [0, 0.1) is 0 Å². The van der Waals surface area contributed by atoms with E-state index in [1.165, 1.54) is 6.42 Å². The van der Waals surface area contributed by atoms with Crippen molar-refractivity contribution in [3.05, 3.63) is 53.7 Å². The molecule has 0 saturated carbocycles. The molecular formula is C16H16N2O2. The highest BCUT2D eigenvalue weighted by atomic mass is 16.4. The molecule has 1 aliphatic rings. The van der Waals surface area contributed by atoms with Gasteiger partial charge in [-0.1, -0.05) is 18.2 Å². The molecular weight excluding hydrogens is 252 g/mol. The minimum Gasteiger partial charge on any atom is -0.478 e. The molecule has 0 bridgehead atoms. The number of carboxylic acids is 1. The van der Waals surface area contributed by atoms with Crippen LogP contribution in [0.1, 0.15) is 34.9 Å². The van der Waals surface area contributed by atoms with Crippen molar-refractivity contribution >= 4 is 5.97 Å². The van der Waals surface area contributed by atoms with Crippen LogP contribution in [0.4, 0.5) is 0 Å². The van der Waals surface area contributed by atoms with Gasteiger partial charge in [-0.15, -0.1) is 0 Å². The molecule has 0 spiro atoms. The first kappa shape index (κ1) is 12.8. The van der Waals surface area contributed by atoms with Gasteiger partial charge in [0.1, 0.15) is 0 Å². The van der Waals surface area contributed by atoms with Gasteiger partial charge in [-0.05, 0) is 43.7 Å². The SMILES string of the molecule is O=C(O)c1cccc(-c2cccc(C3CCCN3)n2)c1. The molecule has 2 N–H and O–H groups in total. The highest BCUT2D eigenvalue weighted by Gasteiger charge is 2.17. The number of carbonyl (C=O) groups is 1. The van der Waals surface area contributed by atoms with Crippen molar-refractivity contribution in [1.29, 1.82) is 0 Å². The van der Waals surface area contributed by atoms with Crippen molar-refractivity contribution in [2.75, 3.05) is 6.54 Å². The maximum Gasteiger partial charge on any atom is 0.335 e. The summed E-state index contributed by atoms with van der Waals surface area (Å²) in [6.07, 6.45) is 2.27. The Hall–Kier alpha value is -2.20. The van der Waals surface area contributed by atoms with E-state index >= 15 is 0 Å². The lowest BCUT2D eigenvalue weighted by atomic mass is 10.1. The van der Waals surface area contributed by atoms with Crippen LogP contribution in [-0.2, 0) is 0 Å². The largest absolute Gasteiger partial charge is 0.478 e. The highest BCUT2D eigenvalue weighted by Crippen LogP contribution is 2.24. The Balaban J connectivity index is 1.95. The maximum absolute atomic E-state index is 11.0. The fourth-order valence-electron chi connectivity index (χ4n) is 2.55. The topological polar surface area (TPSA) is 62.2 Å². The molecule has 2 heterocycles. The number of hydrogen-bond donors (Lipinski definition) is 2. The van der Waals surface area contributed by atoms with Crippen molar-refractivity contribution in [1.82, 2.24) is 10.3 Å². The second-order valence-corrected chi connectivity index (χ2v) is 4.98. The normalized spacial score (nSPS) is 18.1. The summed E-state index contributed by atoms with van der Waals surface area (Å²) in [6, 6.07) is 13.1. The van der Waals surface area contributed by atoms with Crippen molar-refractivity contribution in [2.24, 2.45) is 0 Å². The van der Waals surface area contributed by atoms with E-state index in [1.807, 2.05) is 24.3 Å². The molecule has 0 aliphatic carbocycles. The summed E-state index contributed by atoms with van der Waals surface area (Å²) >= 11 is 0. The number of benzene rings is 1. The average molecular weight is 268 g/mol. The zero-order chi connectivity index (χ0) is 13.9. The van der Waals surface area contributed by atoms with Crippen molar-refractivity contribution in [3.63, 3.8) is 0 Å². The average Bonchev–Trinajstić information content (AvgIpc) is 3.02. The molecule has 3 rings (SSSR count). The number of aromatic nitrogens is 1. The Bertz CT molecular complexity index is 634. The van der Waals surface area contributed by atoms with Crippen molar-refractivity contribution in [3.8, 4) is 11.3 Å². The Kier molecular flexibility index (Phi) is 3.48. The van der Waals surface area contributed by atoms with Gasteiger partial charge in [0.2, 0.25) is 0 Å². The number of rotatable bonds is 3. The molecule has 1 fully saturated rings. The van der Waals surface area contributed by atoms with E-state index in [2.05, 4.69) is 10.3 Å². The van der Waals surface area contributed by atoms with Gasteiger partial charge in [0.25, 0.3) is 0 Å². The zero-order valence-corrected chi connectivity index (χ0v) is 11.0. The number of carboxylic acid groups (broad SMARTS) is 1. The van der Waals surface area contributed by atoms with Crippen LogP contribution in [0.5, 0.6) is 0 Å². The predicted molar refractivity (Wildman–Crippen MR) is 76.6 cm³/mol. The minimum absolute atomic E-state index is 0.286. The summed E-state index contributed by atoms with van der Waals surface area (Å²) in [5.74, 6) is -0.916. The quantitative estimate of drug-likeness (QED) is 0.898. The third kappa shape index (κ3) is 2.56. The third-order valence-corrected chi connectivity index (χ3v) is 3.59. The lowest BCUT2D eigenvalue weighted by Crippen LogP contribution is -2.14. The fraction of sp³-hybridized carbons (Fsp3) is 0.250. The van der Waals surface area contributed by atoms with E-state index in [0.29, 0.717) is 6.04 Å². The number of hydrogen-bond acceptors (Lipinski definition) is 3. The summed E-state index contributed by atoms with van der Waals surface area (Å²) in [4.78, 5) is 15.7. The Labute approximate surface area is 117 Å². The van der Waals surface area contributed by atoms with Crippen molar-refractivity contribution in [2.45, 2.75) is 18.9 Å². The first-order valence-electron chi connectivity index (χ1n) is 6.78. The number of aromatic carboxylic acids is 1. The maximum atomic E-state index is 11.0. The molecule has 20 heavy (non-hydrogen) atoms. The van der Waals surface area contributed by atoms with Gasteiger partial charge in [-0.3, -0.25) is 4.98 Å². The first-order chi connectivity index (χ1) is 9.74. The molecule has 1 aliphatic heterocycles. The van der Waals surface area contributed by atoms with Crippen LogP contribution < -0.4 is 5.32 Å². The summed E-state index contributed by atoms with van der Waals surface area (Å²) < 4.78 is 0. The molecule has 2 aromatic rings. The second kappa shape index (κ2) is 5.43. The van der Waals surface area contributed by atoms with E-state index in [4.69, 9.17) is 5.11 Å². The molecule has 1 atom stereocenters.